The number of aliphatic carboxylic acids is 1. The van der Waals surface area contributed by atoms with Gasteiger partial charge < -0.3 is 10.4 Å². The van der Waals surface area contributed by atoms with Gasteiger partial charge in [0.1, 0.15) is 0 Å². The number of benzene rings is 3. The van der Waals surface area contributed by atoms with E-state index in [0.29, 0.717) is 6.42 Å². The lowest BCUT2D eigenvalue weighted by atomic mass is 9.91. The van der Waals surface area contributed by atoms with E-state index in [2.05, 4.69) is 41.7 Å². The van der Waals surface area contributed by atoms with E-state index < -0.39 is 5.97 Å². The summed E-state index contributed by atoms with van der Waals surface area (Å²) in [4.78, 5) is 22.8. The summed E-state index contributed by atoms with van der Waals surface area (Å²) in [7, 11) is 0. The molecule has 0 aliphatic heterocycles. The van der Waals surface area contributed by atoms with Crippen LogP contribution in [0.4, 0.5) is 0 Å². The Labute approximate surface area is 170 Å². The summed E-state index contributed by atoms with van der Waals surface area (Å²) in [5.41, 5.74) is 8.11. The van der Waals surface area contributed by atoms with Gasteiger partial charge in [0.05, 0.1) is 6.04 Å². The molecule has 0 fully saturated rings. The number of hydrogen-bond acceptors (Lipinski definition) is 2. The second-order valence-electron chi connectivity index (χ2n) is 7.48. The standard InChI is InChI=1S/C25H23NO3/c1-16(27)26-25(18-12-9-17(10-13-18)11-14-24(28)29)22-8-4-7-21-20-6-3-2-5-19(20)15-23(21)22/h2-10,12-13,25H,11,14-15H2,1H3,(H,26,27)(H,28,29). The van der Waals surface area contributed by atoms with Crippen molar-refractivity contribution in [1.82, 2.24) is 5.32 Å². The van der Waals surface area contributed by atoms with Crippen molar-refractivity contribution in [2.45, 2.75) is 32.2 Å². The molecule has 1 atom stereocenters. The minimum atomic E-state index is -0.801. The van der Waals surface area contributed by atoms with Crippen LogP contribution in [0.15, 0.2) is 66.7 Å². The molecule has 4 nitrogen and oxygen atoms in total. The highest BCUT2D eigenvalue weighted by Gasteiger charge is 2.25. The van der Waals surface area contributed by atoms with Crippen molar-refractivity contribution in [3.63, 3.8) is 0 Å². The molecule has 0 heterocycles. The second kappa shape index (κ2) is 7.92. The number of aryl methyl sites for hydroxylation is 1. The predicted molar refractivity (Wildman–Crippen MR) is 113 cm³/mol. The second-order valence-corrected chi connectivity index (χ2v) is 7.48. The minimum Gasteiger partial charge on any atom is -0.481 e. The molecule has 146 valence electrons. The largest absolute Gasteiger partial charge is 0.481 e. The number of hydrogen-bond donors (Lipinski definition) is 2. The van der Waals surface area contributed by atoms with Gasteiger partial charge in [0.15, 0.2) is 0 Å². The molecular formula is C25H23NO3. The molecule has 0 radical (unpaired) electrons. The van der Waals surface area contributed by atoms with Crippen LogP contribution in [0.25, 0.3) is 11.1 Å². The molecule has 4 rings (SSSR count). The highest BCUT2D eigenvalue weighted by Crippen LogP contribution is 2.40. The van der Waals surface area contributed by atoms with Crippen LogP contribution in [0.5, 0.6) is 0 Å². The number of carbonyl (C=O) groups is 2. The summed E-state index contributed by atoms with van der Waals surface area (Å²) < 4.78 is 0. The minimum absolute atomic E-state index is 0.0851. The number of amides is 1. The van der Waals surface area contributed by atoms with Crippen LogP contribution in [-0.2, 0) is 22.4 Å². The Morgan fingerprint density at radius 3 is 2.41 bits per heavy atom. The zero-order chi connectivity index (χ0) is 20.4. The van der Waals surface area contributed by atoms with Crippen LogP contribution in [0, 0.1) is 0 Å². The molecular weight excluding hydrogens is 362 g/mol. The highest BCUT2D eigenvalue weighted by atomic mass is 16.4. The zero-order valence-electron chi connectivity index (χ0n) is 16.3. The van der Waals surface area contributed by atoms with Crippen molar-refractivity contribution < 1.29 is 14.7 Å². The van der Waals surface area contributed by atoms with Crippen molar-refractivity contribution in [3.8, 4) is 11.1 Å². The Morgan fingerprint density at radius 2 is 1.69 bits per heavy atom. The van der Waals surface area contributed by atoms with Gasteiger partial charge in [-0.3, -0.25) is 9.59 Å². The summed E-state index contributed by atoms with van der Waals surface area (Å²) in [5.74, 6) is -0.886. The van der Waals surface area contributed by atoms with Gasteiger partial charge in [-0.05, 0) is 51.8 Å². The molecule has 1 aliphatic carbocycles. The fraction of sp³-hybridized carbons (Fsp3) is 0.200. The third-order valence-electron chi connectivity index (χ3n) is 5.49. The molecule has 29 heavy (non-hydrogen) atoms. The fourth-order valence-corrected chi connectivity index (χ4v) is 4.12. The topological polar surface area (TPSA) is 66.4 Å². The third kappa shape index (κ3) is 3.92. The van der Waals surface area contributed by atoms with Gasteiger partial charge in [-0.1, -0.05) is 66.7 Å². The van der Waals surface area contributed by atoms with Gasteiger partial charge in [0, 0.05) is 13.3 Å². The SMILES string of the molecule is CC(=O)NC(c1ccc(CCC(=O)O)cc1)c1cccc2c1Cc1ccccc1-2. The highest BCUT2D eigenvalue weighted by molar-refractivity contribution is 5.79. The quantitative estimate of drug-likeness (QED) is 0.514. The summed E-state index contributed by atoms with van der Waals surface area (Å²) in [6, 6.07) is 22.3. The lowest BCUT2D eigenvalue weighted by Crippen LogP contribution is -2.27. The van der Waals surface area contributed by atoms with E-state index in [1.165, 1.54) is 29.2 Å². The number of carbonyl (C=O) groups excluding carboxylic acids is 1. The number of fused-ring (bicyclic) bond motifs is 3. The summed E-state index contributed by atoms with van der Waals surface area (Å²) >= 11 is 0. The van der Waals surface area contributed by atoms with Crippen LogP contribution in [0.2, 0.25) is 0 Å². The molecule has 2 N–H and O–H groups in total. The van der Waals surface area contributed by atoms with Crippen molar-refractivity contribution in [2.75, 3.05) is 0 Å². The average molecular weight is 385 g/mol. The fourth-order valence-electron chi connectivity index (χ4n) is 4.12. The van der Waals surface area contributed by atoms with E-state index in [9.17, 15) is 9.59 Å². The van der Waals surface area contributed by atoms with Crippen LogP contribution in [-0.4, -0.2) is 17.0 Å². The molecule has 0 bridgehead atoms. The molecule has 0 saturated carbocycles. The third-order valence-corrected chi connectivity index (χ3v) is 5.49. The first-order valence-corrected chi connectivity index (χ1v) is 9.80. The Hall–Kier alpha value is -3.40. The zero-order valence-corrected chi connectivity index (χ0v) is 16.3. The average Bonchev–Trinajstić information content (AvgIpc) is 3.10. The van der Waals surface area contributed by atoms with Crippen molar-refractivity contribution in [2.24, 2.45) is 0 Å². The van der Waals surface area contributed by atoms with Gasteiger partial charge in [0.25, 0.3) is 0 Å². The monoisotopic (exact) mass is 385 g/mol. The summed E-state index contributed by atoms with van der Waals surface area (Å²) in [6.07, 6.45) is 1.46. The van der Waals surface area contributed by atoms with Crippen molar-refractivity contribution >= 4 is 11.9 Å². The first-order valence-electron chi connectivity index (χ1n) is 9.80. The van der Waals surface area contributed by atoms with Gasteiger partial charge in [-0.15, -0.1) is 0 Å². The summed E-state index contributed by atoms with van der Waals surface area (Å²) in [6.45, 7) is 1.53. The predicted octanol–water partition coefficient (Wildman–Crippen LogP) is 4.50. The molecule has 3 aromatic rings. The Kier molecular flexibility index (Phi) is 5.17. The lowest BCUT2D eigenvalue weighted by Gasteiger charge is -2.22. The van der Waals surface area contributed by atoms with Crippen LogP contribution < -0.4 is 5.32 Å². The number of rotatable bonds is 6. The van der Waals surface area contributed by atoms with Crippen LogP contribution in [0.1, 0.15) is 47.2 Å². The molecule has 1 unspecified atom stereocenters. The van der Waals surface area contributed by atoms with E-state index >= 15 is 0 Å². The Bertz CT molecular complexity index is 1070. The Balaban J connectivity index is 1.70. The van der Waals surface area contributed by atoms with Gasteiger partial charge in [-0.2, -0.15) is 0 Å². The number of nitrogens with one attached hydrogen (secondary N) is 1. The van der Waals surface area contributed by atoms with Crippen LogP contribution >= 0.6 is 0 Å². The van der Waals surface area contributed by atoms with E-state index in [4.69, 9.17) is 5.11 Å². The molecule has 0 aromatic heterocycles. The van der Waals surface area contributed by atoms with E-state index in [1.807, 2.05) is 30.3 Å². The maximum absolute atomic E-state index is 12.0. The lowest BCUT2D eigenvalue weighted by molar-refractivity contribution is -0.137. The van der Waals surface area contributed by atoms with E-state index in [-0.39, 0.29) is 18.4 Å². The van der Waals surface area contributed by atoms with Crippen molar-refractivity contribution in [1.29, 1.82) is 0 Å². The van der Waals surface area contributed by atoms with Gasteiger partial charge in [0.2, 0.25) is 5.91 Å². The molecule has 4 heteroatoms. The summed E-state index contributed by atoms with van der Waals surface area (Å²) in [5, 5.41) is 12.0. The molecule has 3 aromatic carbocycles. The maximum Gasteiger partial charge on any atom is 0.303 e. The van der Waals surface area contributed by atoms with Crippen molar-refractivity contribution in [3.05, 3.63) is 94.5 Å². The van der Waals surface area contributed by atoms with E-state index in [0.717, 1.165) is 23.1 Å². The molecule has 1 amide bonds. The number of carboxylic acids is 1. The normalized spacial score (nSPS) is 12.7. The molecule has 1 aliphatic rings. The Morgan fingerprint density at radius 1 is 0.966 bits per heavy atom. The molecule has 0 spiro atoms. The van der Waals surface area contributed by atoms with Gasteiger partial charge >= 0.3 is 5.97 Å². The first-order chi connectivity index (χ1) is 14.0. The van der Waals surface area contributed by atoms with E-state index in [1.54, 1.807) is 0 Å². The van der Waals surface area contributed by atoms with Gasteiger partial charge in [-0.25, -0.2) is 0 Å². The first kappa shape index (κ1) is 18.9. The maximum atomic E-state index is 12.0. The smallest absolute Gasteiger partial charge is 0.303 e. The molecule has 0 saturated heterocycles. The van der Waals surface area contributed by atoms with Crippen LogP contribution in [0.3, 0.4) is 0 Å². The number of carboxylic acid groups (broad SMARTS) is 1.